The lowest BCUT2D eigenvalue weighted by atomic mass is 10.1. The highest BCUT2D eigenvalue weighted by Gasteiger charge is 2.11. The zero-order chi connectivity index (χ0) is 21.5. The number of benzene rings is 2. The lowest BCUT2D eigenvalue weighted by Gasteiger charge is -2.26. The third kappa shape index (κ3) is 5.85. The van der Waals surface area contributed by atoms with Crippen LogP contribution in [0.2, 0.25) is 0 Å². The van der Waals surface area contributed by atoms with Crippen LogP contribution < -0.4 is 5.48 Å². The van der Waals surface area contributed by atoms with E-state index < -0.39 is 5.91 Å². The molecule has 4 rings (SSSR count). The number of hydrogen-bond donors (Lipinski definition) is 2. The van der Waals surface area contributed by atoms with Gasteiger partial charge in [-0.3, -0.25) is 14.9 Å². The average Bonchev–Trinajstić information content (AvgIpc) is 3.28. The van der Waals surface area contributed by atoms with Crippen molar-refractivity contribution in [2.24, 2.45) is 0 Å². The molecule has 1 aliphatic heterocycles. The molecule has 2 aromatic carbocycles. The number of carbonyl (C=O) groups is 1. The fourth-order valence-corrected chi connectivity index (χ4v) is 3.44. The van der Waals surface area contributed by atoms with Gasteiger partial charge in [-0.15, -0.1) is 5.10 Å². The molecule has 160 valence electrons. The molecule has 0 spiro atoms. The van der Waals surface area contributed by atoms with Gasteiger partial charge in [0.1, 0.15) is 5.69 Å². The van der Waals surface area contributed by atoms with Crippen LogP contribution in [-0.4, -0.2) is 57.3 Å². The van der Waals surface area contributed by atoms with Crippen LogP contribution in [0.1, 0.15) is 16.7 Å². The van der Waals surface area contributed by atoms with E-state index in [4.69, 9.17) is 9.94 Å². The highest BCUT2D eigenvalue weighted by molar-refractivity contribution is 5.90. The molecule has 1 saturated heterocycles. The molecular formula is C23H25N5O3. The first-order valence-electron chi connectivity index (χ1n) is 10.2. The molecule has 0 aliphatic carbocycles. The van der Waals surface area contributed by atoms with Crippen molar-refractivity contribution in [1.29, 1.82) is 0 Å². The molecule has 1 aromatic heterocycles. The van der Waals surface area contributed by atoms with Gasteiger partial charge in [-0.1, -0.05) is 53.7 Å². The summed E-state index contributed by atoms with van der Waals surface area (Å²) in [5, 5.41) is 17.1. The van der Waals surface area contributed by atoms with Gasteiger partial charge >= 0.3 is 0 Å². The number of hydroxylamine groups is 1. The summed E-state index contributed by atoms with van der Waals surface area (Å²) < 4.78 is 7.21. The summed E-state index contributed by atoms with van der Waals surface area (Å²) in [6, 6.07) is 16.2. The van der Waals surface area contributed by atoms with Crippen molar-refractivity contribution in [2.45, 2.75) is 13.1 Å². The fourth-order valence-electron chi connectivity index (χ4n) is 3.44. The van der Waals surface area contributed by atoms with Crippen molar-refractivity contribution in [2.75, 3.05) is 26.3 Å². The minimum absolute atomic E-state index is 0.562. The van der Waals surface area contributed by atoms with Gasteiger partial charge in [0.15, 0.2) is 0 Å². The number of nitrogens with zero attached hydrogens (tertiary/aromatic N) is 4. The van der Waals surface area contributed by atoms with Gasteiger partial charge in [-0.2, -0.15) is 0 Å². The molecule has 3 aromatic rings. The predicted molar refractivity (Wildman–Crippen MR) is 116 cm³/mol. The molecule has 1 aliphatic rings. The SMILES string of the molecule is O=C(/C=C/c1ccc(Cn2cc(-c3ccc(CN4CCOCC4)cc3)nn2)cc1)NO. The lowest BCUT2D eigenvalue weighted by molar-refractivity contribution is -0.124. The number of ether oxygens (including phenoxy) is 1. The number of aromatic nitrogens is 3. The quantitative estimate of drug-likeness (QED) is 0.347. The smallest absolute Gasteiger partial charge is 0.267 e. The maximum atomic E-state index is 11.0. The Kier molecular flexibility index (Phi) is 6.83. The first-order valence-corrected chi connectivity index (χ1v) is 10.2. The Labute approximate surface area is 180 Å². The molecule has 0 saturated carbocycles. The van der Waals surface area contributed by atoms with E-state index in [1.165, 1.54) is 11.6 Å². The monoisotopic (exact) mass is 419 g/mol. The number of nitrogens with one attached hydrogen (secondary N) is 1. The topological polar surface area (TPSA) is 92.5 Å². The summed E-state index contributed by atoms with van der Waals surface area (Å²) in [6.07, 6.45) is 4.84. The molecule has 2 N–H and O–H groups in total. The van der Waals surface area contributed by atoms with Crippen molar-refractivity contribution in [1.82, 2.24) is 25.4 Å². The summed E-state index contributed by atoms with van der Waals surface area (Å²) in [6.45, 7) is 5.11. The van der Waals surface area contributed by atoms with Crippen LogP contribution in [0.25, 0.3) is 17.3 Å². The Morgan fingerprint density at radius 1 is 1.03 bits per heavy atom. The van der Waals surface area contributed by atoms with Crippen LogP contribution in [0.3, 0.4) is 0 Å². The predicted octanol–water partition coefficient (Wildman–Crippen LogP) is 2.34. The Hall–Kier alpha value is -3.33. The molecule has 0 atom stereocenters. The Bertz CT molecular complexity index is 1020. The van der Waals surface area contributed by atoms with Crippen LogP contribution in [0.15, 0.2) is 60.8 Å². The zero-order valence-electron chi connectivity index (χ0n) is 17.1. The molecule has 0 bridgehead atoms. The molecular weight excluding hydrogens is 394 g/mol. The minimum atomic E-state index is -0.562. The van der Waals surface area contributed by atoms with Gasteiger partial charge in [-0.05, 0) is 22.8 Å². The molecule has 31 heavy (non-hydrogen) atoms. The van der Waals surface area contributed by atoms with Gasteiger partial charge in [0.2, 0.25) is 0 Å². The second-order valence-corrected chi connectivity index (χ2v) is 7.44. The number of hydrogen-bond acceptors (Lipinski definition) is 6. The van der Waals surface area contributed by atoms with E-state index in [1.807, 2.05) is 30.5 Å². The van der Waals surface area contributed by atoms with Crippen LogP contribution in [0.4, 0.5) is 0 Å². The van der Waals surface area contributed by atoms with E-state index in [2.05, 4.69) is 39.5 Å². The van der Waals surface area contributed by atoms with Gasteiger partial charge in [0.05, 0.1) is 26.0 Å². The Balaban J connectivity index is 1.35. The molecule has 8 heteroatoms. The van der Waals surface area contributed by atoms with Crippen molar-refractivity contribution in [3.05, 3.63) is 77.5 Å². The van der Waals surface area contributed by atoms with E-state index in [0.717, 1.165) is 55.2 Å². The van der Waals surface area contributed by atoms with Crippen LogP contribution in [-0.2, 0) is 22.6 Å². The summed E-state index contributed by atoms with van der Waals surface area (Å²) in [5.41, 5.74) is 6.66. The number of morpholine rings is 1. The second-order valence-electron chi connectivity index (χ2n) is 7.44. The van der Waals surface area contributed by atoms with Gasteiger partial charge in [-0.25, -0.2) is 10.2 Å². The number of amides is 1. The van der Waals surface area contributed by atoms with E-state index >= 15 is 0 Å². The largest absolute Gasteiger partial charge is 0.379 e. The van der Waals surface area contributed by atoms with E-state index in [9.17, 15) is 4.79 Å². The average molecular weight is 419 g/mol. The molecule has 8 nitrogen and oxygen atoms in total. The van der Waals surface area contributed by atoms with E-state index in [-0.39, 0.29) is 0 Å². The van der Waals surface area contributed by atoms with Gasteiger partial charge in [0.25, 0.3) is 5.91 Å². The first kappa shape index (κ1) is 20.9. The first-order chi connectivity index (χ1) is 15.2. The lowest BCUT2D eigenvalue weighted by Crippen LogP contribution is -2.35. The molecule has 0 radical (unpaired) electrons. The number of rotatable bonds is 7. The second kappa shape index (κ2) is 10.1. The van der Waals surface area contributed by atoms with Crippen molar-refractivity contribution < 1.29 is 14.7 Å². The van der Waals surface area contributed by atoms with Gasteiger partial charge < -0.3 is 4.74 Å². The van der Waals surface area contributed by atoms with Crippen molar-refractivity contribution in [3.8, 4) is 11.3 Å². The van der Waals surface area contributed by atoms with Crippen LogP contribution in [0, 0.1) is 0 Å². The van der Waals surface area contributed by atoms with E-state index in [0.29, 0.717) is 6.54 Å². The standard InChI is InChI=1S/C23H25N5O3/c29-23(25-30)10-7-18-1-3-20(4-2-18)16-28-17-22(24-26-28)21-8-5-19(6-9-21)15-27-11-13-31-14-12-27/h1-10,17,30H,11-16H2,(H,25,29)/b10-7+. The third-order valence-electron chi connectivity index (χ3n) is 5.16. The summed E-state index contributed by atoms with van der Waals surface area (Å²) in [4.78, 5) is 13.4. The molecule has 1 amide bonds. The minimum Gasteiger partial charge on any atom is -0.379 e. The zero-order valence-corrected chi connectivity index (χ0v) is 17.1. The summed E-state index contributed by atoms with van der Waals surface area (Å²) in [7, 11) is 0. The van der Waals surface area contributed by atoms with Gasteiger partial charge in [0, 0.05) is 31.3 Å². The third-order valence-corrected chi connectivity index (χ3v) is 5.16. The maximum absolute atomic E-state index is 11.0. The number of carbonyl (C=O) groups excluding carboxylic acids is 1. The van der Waals surface area contributed by atoms with Crippen LogP contribution in [0.5, 0.6) is 0 Å². The van der Waals surface area contributed by atoms with E-state index in [1.54, 1.807) is 16.2 Å². The van der Waals surface area contributed by atoms with Crippen LogP contribution >= 0.6 is 0 Å². The Morgan fingerprint density at radius 2 is 1.71 bits per heavy atom. The molecule has 2 heterocycles. The maximum Gasteiger partial charge on any atom is 0.267 e. The highest BCUT2D eigenvalue weighted by atomic mass is 16.5. The molecule has 1 fully saturated rings. The van der Waals surface area contributed by atoms with Crippen molar-refractivity contribution in [3.63, 3.8) is 0 Å². The fraction of sp³-hybridized carbons (Fsp3) is 0.261. The normalized spacial score (nSPS) is 14.7. The summed E-state index contributed by atoms with van der Waals surface area (Å²) in [5.74, 6) is -0.562. The summed E-state index contributed by atoms with van der Waals surface area (Å²) >= 11 is 0. The Morgan fingerprint density at radius 3 is 2.42 bits per heavy atom. The highest BCUT2D eigenvalue weighted by Crippen LogP contribution is 2.18. The molecule has 0 unspecified atom stereocenters. The van der Waals surface area contributed by atoms with Crippen molar-refractivity contribution >= 4 is 12.0 Å².